The van der Waals surface area contributed by atoms with Crippen LogP contribution in [0.2, 0.25) is 0 Å². The highest BCUT2D eigenvalue weighted by Crippen LogP contribution is 2.26. The molecule has 108 valence electrons. The maximum absolute atomic E-state index is 8.64. The van der Waals surface area contributed by atoms with Gasteiger partial charge in [0.15, 0.2) is 0 Å². The van der Waals surface area contributed by atoms with E-state index in [2.05, 4.69) is 0 Å². The maximum Gasteiger partial charge on any atom is 0.145 e. The third-order valence-electron chi connectivity index (χ3n) is 2.64. The Morgan fingerprint density at radius 3 is 2.79 bits per heavy atom. The van der Waals surface area contributed by atoms with E-state index in [9.17, 15) is 0 Å². The molecular formula is C14H23NO3S. The van der Waals surface area contributed by atoms with E-state index >= 15 is 0 Å². The van der Waals surface area contributed by atoms with Crippen LogP contribution in [0.3, 0.4) is 0 Å². The fourth-order valence-electron chi connectivity index (χ4n) is 1.62. The van der Waals surface area contributed by atoms with Crippen LogP contribution in [0.25, 0.3) is 0 Å². The molecule has 0 radical (unpaired) electrons. The molecule has 0 saturated carbocycles. The summed E-state index contributed by atoms with van der Waals surface area (Å²) in [6.45, 7) is 0.977. The van der Waals surface area contributed by atoms with E-state index in [4.69, 9.17) is 20.3 Å². The molecule has 19 heavy (non-hydrogen) atoms. The Bertz CT molecular complexity index is 361. The summed E-state index contributed by atoms with van der Waals surface area (Å²) in [4.78, 5) is 0. The lowest BCUT2D eigenvalue weighted by Gasteiger charge is -2.09. The summed E-state index contributed by atoms with van der Waals surface area (Å²) >= 11 is 1.79. The SMILES string of the molecule is COc1cc(OCCCCCSCCO)ccc1N. The van der Waals surface area contributed by atoms with Gasteiger partial charge in [0, 0.05) is 11.8 Å². The molecule has 0 aliphatic heterocycles. The smallest absolute Gasteiger partial charge is 0.145 e. The largest absolute Gasteiger partial charge is 0.494 e. The van der Waals surface area contributed by atoms with E-state index in [0.29, 0.717) is 18.0 Å². The summed E-state index contributed by atoms with van der Waals surface area (Å²) in [5.41, 5.74) is 6.35. The van der Waals surface area contributed by atoms with E-state index in [-0.39, 0.29) is 6.61 Å². The Kier molecular flexibility index (Phi) is 8.25. The topological polar surface area (TPSA) is 64.7 Å². The van der Waals surface area contributed by atoms with Crippen LogP contribution in [0.4, 0.5) is 5.69 Å². The molecule has 1 aromatic carbocycles. The summed E-state index contributed by atoms with van der Waals surface area (Å²) in [7, 11) is 1.60. The summed E-state index contributed by atoms with van der Waals surface area (Å²) in [6, 6.07) is 5.46. The molecule has 5 heteroatoms. The van der Waals surface area contributed by atoms with Crippen molar-refractivity contribution in [2.75, 3.05) is 37.6 Å². The third kappa shape index (κ3) is 6.59. The van der Waals surface area contributed by atoms with Gasteiger partial charge in [0.2, 0.25) is 0 Å². The summed E-state index contributed by atoms with van der Waals surface area (Å²) in [5, 5.41) is 8.64. The number of methoxy groups -OCH3 is 1. The lowest BCUT2D eigenvalue weighted by molar-refractivity contribution is 0.304. The van der Waals surface area contributed by atoms with Crippen molar-refractivity contribution in [3.63, 3.8) is 0 Å². The Labute approximate surface area is 119 Å². The second-order valence-electron chi connectivity index (χ2n) is 4.15. The van der Waals surface area contributed by atoms with Gasteiger partial charge in [0.25, 0.3) is 0 Å². The van der Waals surface area contributed by atoms with Crippen molar-refractivity contribution in [1.82, 2.24) is 0 Å². The summed E-state index contributed by atoms with van der Waals surface area (Å²) in [6.07, 6.45) is 3.34. The first-order valence-electron chi connectivity index (χ1n) is 6.53. The molecule has 0 aromatic heterocycles. The number of thioether (sulfide) groups is 1. The van der Waals surface area contributed by atoms with Crippen molar-refractivity contribution in [2.45, 2.75) is 19.3 Å². The van der Waals surface area contributed by atoms with E-state index in [0.717, 1.165) is 30.1 Å². The van der Waals surface area contributed by atoms with Gasteiger partial charge in [-0.3, -0.25) is 0 Å². The van der Waals surface area contributed by atoms with E-state index in [1.807, 2.05) is 12.1 Å². The van der Waals surface area contributed by atoms with Gasteiger partial charge < -0.3 is 20.3 Å². The number of rotatable bonds is 10. The lowest BCUT2D eigenvalue weighted by Crippen LogP contribution is -1.99. The molecule has 3 N–H and O–H groups in total. The number of nitrogen functional groups attached to an aromatic ring is 1. The lowest BCUT2D eigenvalue weighted by atomic mass is 10.2. The van der Waals surface area contributed by atoms with Crippen molar-refractivity contribution in [3.05, 3.63) is 18.2 Å². The molecule has 0 amide bonds. The van der Waals surface area contributed by atoms with Crippen LogP contribution in [-0.2, 0) is 0 Å². The van der Waals surface area contributed by atoms with Gasteiger partial charge in [-0.05, 0) is 37.1 Å². The highest BCUT2D eigenvalue weighted by Gasteiger charge is 2.01. The molecule has 0 spiro atoms. The number of aliphatic hydroxyl groups excluding tert-OH is 1. The number of ether oxygens (including phenoxy) is 2. The molecule has 0 heterocycles. The predicted molar refractivity (Wildman–Crippen MR) is 81.2 cm³/mol. The molecule has 0 aliphatic carbocycles. The number of aliphatic hydroxyl groups is 1. The quantitative estimate of drug-likeness (QED) is 0.511. The molecule has 0 fully saturated rings. The molecule has 0 unspecified atom stereocenters. The first kappa shape index (κ1) is 16.0. The van der Waals surface area contributed by atoms with Gasteiger partial charge in [0.1, 0.15) is 11.5 Å². The van der Waals surface area contributed by atoms with Crippen LogP contribution in [0.1, 0.15) is 19.3 Å². The molecule has 0 bridgehead atoms. The standard InChI is InChI=1S/C14H23NO3S/c1-17-14-11-12(5-6-13(14)15)18-8-3-2-4-9-19-10-7-16/h5-6,11,16H,2-4,7-10,15H2,1H3. The van der Waals surface area contributed by atoms with Crippen LogP contribution in [0.15, 0.2) is 18.2 Å². The number of benzene rings is 1. The molecule has 1 rings (SSSR count). The number of unbranched alkanes of at least 4 members (excludes halogenated alkanes) is 2. The van der Waals surface area contributed by atoms with Crippen molar-refractivity contribution in [2.24, 2.45) is 0 Å². The zero-order valence-corrected chi connectivity index (χ0v) is 12.2. The average Bonchev–Trinajstić information content (AvgIpc) is 2.43. The number of anilines is 1. The molecule has 0 saturated heterocycles. The number of nitrogens with two attached hydrogens (primary N) is 1. The molecule has 0 atom stereocenters. The normalized spacial score (nSPS) is 10.4. The highest BCUT2D eigenvalue weighted by molar-refractivity contribution is 7.99. The van der Waals surface area contributed by atoms with Gasteiger partial charge >= 0.3 is 0 Å². The first-order chi connectivity index (χ1) is 9.27. The summed E-state index contributed by atoms with van der Waals surface area (Å²) in [5.74, 6) is 3.39. The average molecular weight is 285 g/mol. The van der Waals surface area contributed by atoms with Gasteiger partial charge in [0.05, 0.1) is 26.0 Å². The van der Waals surface area contributed by atoms with Crippen LogP contribution in [-0.4, -0.2) is 36.9 Å². The fraction of sp³-hybridized carbons (Fsp3) is 0.571. The van der Waals surface area contributed by atoms with E-state index in [1.165, 1.54) is 6.42 Å². The molecule has 4 nitrogen and oxygen atoms in total. The molecule has 0 aliphatic rings. The van der Waals surface area contributed by atoms with Crippen LogP contribution in [0.5, 0.6) is 11.5 Å². The second-order valence-corrected chi connectivity index (χ2v) is 5.37. The van der Waals surface area contributed by atoms with Crippen LogP contribution < -0.4 is 15.2 Å². The third-order valence-corrected chi connectivity index (χ3v) is 3.69. The van der Waals surface area contributed by atoms with Gasteiger partial charge in [-0.15, -0.1) is 0 Å². The molecule has 1 aromatic rings. The van der Waals surface area contributed by atoms with Crippen LogP contribution >= 0.6 is 11.8 Å². The van der Waals surface area contributed by atoms with Crippen molar-refractivity contribution in [3.8, 4) is 11.5 Å². The van der Waals surface area contributed by atoms with Crippen molar-refractivity contribution < 1.29 is 14.6 Å². The Morgan fingerprint density at radius 2 is 2.05 bits per heavy atom. The summed E-state index contributed by atoms with van der Waals surface area (Å²) < 4.78 is 10.8. The van der Waals surface area contributed by atoms with Crippen molar-refractivity contribution in [1.29, 1.82) is 0 Å². The minimum Gasteiger partial charge on any atom is -0.494 e. The first-order valence-corrected chi connectivity index (χ1v) is 7.68. The second kappa shape index (κ2) is 9.81. The monoisotopic (exact) mass is 285 g/mol. The highest BCUT2D eigenvalue weighted by atomic mass is 32.2. The number of hydrogen-bond acceptors (Lipinski definition) is 5. The van der Waals surface area contributed by atoms with Gasteiger partial charge in [-0.2, -0.15) is 11.8 Å². The Hall–Kier alpha value is -1.07. The van der Waals surface area contributed by atoms with Gasteiger partial charge in [-0.1, -0.05) is 0 Å². The maximum atomic E-state index is 8.64. The minimum atomic E-state index is 0.271. The Morgan fingerprint density at radius 1 is 1.21 bits per heavy atom. The van der Waals surface area contributed by atoms with Gasteiger partial charge in [-0.25, -0.2) is 0 Å². The predicted octanol–water partition coefficient (Wildman–Crippen LogP) is 2.55. The van der Waals surface area contributed by atoms with E-state index < -0.39 is 0 Å². The Balaban J connectivity index is 2.12. The number of hydrogen-bond donors (Lipinski definition) is 2. The fourth-order valence-corrected chi connectivity index (χ4v) is 2.36. The zero-order valence-electron chi connectivity index (χ0n) is 11.4. The minimum absolute atomic E-state index is 0.271. The molecular weight excluding hydrogens is 262 g/mol. The van der Waals surface area contributed by atoms with Crippen LogP contribution in [0, 0.1) is 0 Å². The van der Waals surface area contributed by atoms with E-state index in [1.54, 1.807) is 24.9 Å². The van der Waals surface area contributed by atoms with Crippen molar-refractivity contribution >= 4 is 17.4 Å². The zero-order chi connectivity index (χ0) is 13.9.